The molecule has 2 amide bonds. The minimum Gasteiger partial charge on any atom is -0.495 e. The van der Waals surface area contributed by atoms with Crippen molar-refractivity contribution in [3.63, 3.8) is 0 Å². The summed E-state index contributed by atoms with van der Waals surface area (Å²) in [5.74, 6) is -0.169. The number of benzene rings is 1. The largest absolute Gasteiger partial charge is 0.495 e. The molecule has 0 aliphatic heterocycles. The highest BCUT2D eigenvalue weighted by atomic mass is 16.5. The second-order valence-corrected chi connectivity index (χ2v) is 5.89. The fourth-order valence-electron chi connectivity index (χ4n) is 1.68. The summed E-state index contributed by atoms with van der Waals surface area (Å²) in [6, 6.07) is 4.08. The van der Waals surface area contributed by atoms with E-state index in [1.165, 1.54) is 7.11 Å². The number of ether oxygens (including phenoxy) is 1. The Morgan fingerprint density at radius 3 is 2.43 bits per heavy atom. The fraction of sp³-hybridized carbons (Fsp3) is 0.467. The van der Waals surface area contributed by atoms with Gasteiger partial charge in [0, 0.05) is 11.1 Å². The van der Waals surface area contributed by atoms with Crippen molar-refractivity contribution in [2.24, 2.45) is 0 Å². The first kappa shape index (κ1) is 16.8. The highest BCUT2D eigenvalue weighted by Crippen LogP contribution is 2.22. The lowest BCUT2D eigenvalue weighted by Gasteiger charge is -2.23. The van der Waals surface area contributed by atoms with Crippen LogP contribution in [-0.4, -0.2) is 30.5 Å². The number of carbonyl (C=O) groups excluding carboxylic acids is 2. The van der Waals surface area contributed by atoms with Crippen molar-refractivity contribution in [3.8, 4) is 5.75 Å². The van der Waals surface area contributed by atoms with E-state index in [4.69, 9.17) is 10.5 Å². The standard InChI is InChI=1S/C15H23N3O3/c1-9(13(19)18-15(2,3)4)17-14(20)10-6-7-11(16)12(8-10)21-5/h6-9H,16H2,1-5H3,(H,17,20)(H,18,19). The van der Waals surface area contributed by atoms with Crippen molar-refractivity contribution in [2.75, 3.05) is 12.8 Å². The molecule has 0 saturated heterocycles. The van der Waals surface area contributed by atoms with Gasteiger partial charge in [-0.2, -0.15) is 0 Å². The molecule has 1 rings (SSSR count). The molecule has 0 spiro atoms. The van der Waals surface area contributed by atoms with Gasteiger partial charge in [0.05, 0.1) is 12.8 Å². The lowest BCUT2D eigenvalue weighted by Crippen LogP contribution is -2.50. The Balaban J connectivity index is 2.75. The van der Waals surface area contributed by atoms with Gasteiger partial charge >= 0.3 is 0 Å². The Kier molecular flexibility index (Phi) is 5.18. The molecule has 0 heterocycles. The summed E-state index contributed by atoms with van der Waals surface area (Å²) < 4.78 is 5.07. The molecule has 0 saturated carbocycles. The highest BCUT2D eigenvalue weighted by molar-refractivity contribution is 5.98. The van der Waals surface area contributed by atoms with E-state index in [2.05, 4.69) is 10.6 Å². The number of nitrogen functional groups attached to an aromatic ring is 1. The van der Waals surface area contributed by atoms with E-state index in [1.54, 1.807) is 25.1 Å². The molecule has 6 heteroatoms. The van der Waals surface area contributed by atoms with Crippen LogP contribution in [0, 0.1) is 0 Å². The molecule has 1 atom stereocenters. The Morgan fingerprint density at radius 1 is 1.29 bits per heavy atom. The zero-order valence-electron chi connectivity index (χ0n) is 13.1. The molecule has 0 aliphatic carbocycles. The van der Waals surface area contributed by atoms with Gasteiger partial charge in [-0.05, 0) is 45.9 Å². The first-order valence-corrected chi connectivity index (χ1v) is 6.70. The van der Waals surface area contributed by atoms with Gasteiger partial charge in [-0.25, -0.2) is 0 Å². The smallest absolute Gasteiger partial charge is 0.252 e. The lowest BCUT2D eigenvalue weighted by molar-refractivity contribution is -0.124. The van der Waals surface area contributed by atoms with Crippen LogP contribution in [0.5, 0.6) is 5.75 Å². The van der Waals surface area contributed by atoms with Crippen molar-refractivity contribution >= 4 is 17.5 Å². The second-order valence-electron chi connectivity index (χ2n) is 5.89. The molecule has 116 valence electrons. The fourth-order valence-corrected chi connectivity index (χ4v) is 1.68. The van der Waals surface area contributed by atoms with Crippen molar-refractivity contribution in [3.05, 3.63) is 23.8 Å². The number of methoxy groups -OCH3 is 1. The molecule has 0 aromatic heterocycles. The lowest BCUT2D eigenvalue weighted by atomic mass is 10.1. The molecule has 0 aliphatic rings. The SMILES string of the molecule is COc1cc(C(=O)NC(C)C(=O)NC(C)(C)C)ccc1N. The van der Waals surface area contributed by atoms with Crippen LogP contribution in [-0.2, 0) is 4.79 Å². The average molecular weight is 293 g/mol. The number of nitrogens with one attached hydrogen (secondary N) is 2. The summed E-state index contributed by atoms with van der Waals surface area (Å²) in [6.45, 7) is 7.27. The Bertz CT molecular complexity index is 535. The number of anilines is 1. The van der Waals surface area contributed by atoms with Gasteiger partial charge < -0.3 is 21.1 Å². The molecule has 0 fully saturated rings. The van der Waals surface area contributed by atoms with Crippen molar-refractivity contribution in [2.45, 2.75) is 39.3 Å². The number of hydrogen-bond acceptors (Lipinski definition) is 4. The quantitative estimate of drug-likeness (QED) is 0.730. The summed E-state index contributed by atoms with van der Waals surface area (Å²) in [5, 5.41) is 5.45. The van der Waals surface area contributed by atoms with Gasteiger partial charge in [0.1, 0.15) is 11.8 Å². The van der Waals surface area contributed by atoms with Crippen molar-refractivity contribution in [1.29, 1.82) is 0 Å². The highest BCUT2D eigenvalue weighted by Gasteiger charge is 2.21. The van der Waals surface area contributed by atoms with Crippen LogP contribution in [0.4, 0.5) is 5.69 Å². The summed E-state index contributed by atoms with van der Waals surface area (Å²) in [7, 11) is 1.48. The topological polar surface area (TPSA) is 93.4 Å². The first-order valence-electron chi connectivity index (χ1n) is 6.70. The van der Waals surface area contributed by atoms with Gasteiger partial charge in [-0.1, -0.05) is 0 Å². The minimum absolute atomic E-state index is 0.238. The van der Waals surface area contributed by atoms with Gasteiger partial charge in [0.2, 0.25) is 5.91 Å². The molecule has 4 N–H and O–H groups in total. The van der Waals surface area contributed by atoms with Crippen LogP contribution in [0.3, 0.4) is 0 Å². The zero-order valence-corrected chi connectivity index (χ0v) is 13.1. The van der Waals surface area contributed by atoms with E-state index in [9.17, 15) is 9.59 Å². The first-order chi connectivity index (χ1) is 9.64. The molecule has 1 aromatic carbocycles. The molecule has 1 unspecified atom stereocenters. The summed E-state index contributed by atoms with van der Waals surface area (Å²) >= 11 is 0. The number of hydrogen-bond donors (Lipinski definition) is 3. The van der Waals surface area contributed by atoms with Gasteiger partial charge in [-0.3, -0.25) is 9.59 Å². The predicted molar refractivity (Wildman–Crippen MR) is 82.2 cm³/mol. The van der Waals surface area contributed by atoms with E-state index in [-0.39, 0.29) is 17.4 Å². The molecule has 0 radical (unpaired) electrons. The third-order valence-electron chi connectivity index (χ3n) is 2.73. The van der Waals surface area contributed by atoms with E-state index in [1.807, 2.05) is 20.8 Å². The third-order valence-corrected chi connectivity index (χ3v) is 2.73. The van der Waals surface area contributed by atoms with Crippen LogP contribution in [0.15, 0.2) is 18.2 Å². The summed E-state index contributed by atoms with van der Waals surface area (Å²) in [4.78, 5) is 24.0. The molecular formula is C15H23N3O3. The van der Waals surface area contributed by atoms with E-state index in [0.717, 1.165) is 0 Å². The monoisotopic (exact) mass is 293 g/mol. The molecule has 21 heavy (non-hydrogen) atoms. The van der Waals surface area contributed by atoms with Crippen molar-refractivity contribution in [1.82, 2.24) is 10.6 Å². The Hall–Kier alpha value is -2.24. The van der Waals surface area contributed by atoms with E-state index < -0.39 is 6.04 Å². The van der Waals surface area contributed by atoms with Crippen LogP contribution in [0.2, 0.25) is 0 Å². The summed E-state index contributed by atoms with van der Waals surface area (Å²) in [6.07, 6.45) is 0. The van der Waals surface area contributed by atoms with Crippen LogP contribution in [0.1, 0.15) is 38.1 Å². The van der Waals surface area contributed by atoms with Crippen LogP contribution < -0.4 is 21.1 Å². The maximum Gasteiger partial charge on any atom is 0.252 e. The second kappa shape index (κ2) is 6.47. The Morgan fingerprint density at radius 2 is 1.90 bits per heavy atom. The van der Waals surface area contributed by atoms with Gasteiger partial charge in [-0.15, -0.1) is 0 Å². The summed E-state index contributed by atoms with van der Waals surface area (Å²) in [5.41, 5.74) is 6.19. The van der Waals surface area contributed by atoms with Crippen LogP contribution >= 0.6 is 0 Å². The molecule has 0 bridgehead atoms. The zero-order chi connectivity index (χ0) is 16.2. The van der Waals surface area contributed by atoms with Gasteiger partial charge in [0.15, 0.2) is 0 Å². The van der Waals surface area contributed by atoms with E-state index in [0.29, 0.717) is 17.0 Å². The van der Waals surface area contributed by atoms with E-state index >= 15 is 0 Å². The maximum atomic E-state index is 12.1. The normalized spacial score (nSPS) is 12.4. The predicted octanol–water partition coefficient (Wildman–Crippen LogP) is 1.31. The van der Waals surface area contributed by atoms with Crippen LogP contribution in [0.25, 0.3) is 0 Å². The number of amides is 2. The maximum absolute atomic E-state index is 12.1. The molecule has 6 nitrogen and oxygen atoms in total. The number of carbonyl (C=O) groups is 2. The molecule has 1 aromatic rings. The van der Waals surface area contributed by atoms with Gasteiger partial charge in [0.25, 0.3) is 5.91 Å². The molecular weight excluding hydrogens is 270 g/mol. The number of nitrogens with two attached hydrogens (primary N) is 1. The average Bonchev–Trinajstić information content (AvgIpc) is 2.37. The Labute approximate surface area is 125 Å². The third kappa shape index (κ3) is 4.98. The minimum atomic E-state index is -0.639. The number of rotatable bonds is 4. The van der Waals surface area contributed by atoms with Crippen molar-refractivity contribution < 1.29 is 14.3 Å².